The van der Waals surface area contributed by atoms with Gasteiger partial charge in [-0.2, -0.15) is 0 Å². The lowest BCUT2D eigenvalue weighted by atomic mass is 10.2. The Hall–Kier alpha value is -3.60. The van der Waals surface area contributed by atoms with Gasteiger partial charge in [0.25, 0.3) is 0 Å². The molecule has 0 fully saturated rings. The molecule has 0 spiro atoms. The molecular formula is C25H24O5. The van der Waals surface area contributed by atoms with E-state index >= 15 is 0 Å². The Morgan fingerprint density at radius 1 is 0.733 bits per heavy atom. The lowest BCUT2D eigenvalue weighted by Crippen LogP contribution is -2.12. The molecule has 0 aromatic heterocycles. The summed E-state index contributed by atoms with van der Waals surface area (Å²) in [5.41, 5.74) is 2.19. The molecule has 3 rings (SSSR count). The van der Waals surface area contributed by atoms with Crippen LogP contribution in [0.2, 0.25) is 0 Å². The van der Waals surface area contributed by atoms with Crippen LogP contribution in [0.15, 0.2) is 78.9 Å². The Morgan fingerprint density at radius 2 is 1.23 bits per heavy atom. The van der Waals surface area contributed by atoms with Gasteiger partial charge in [0.15, 0.2) is 0 Å². The Kier molecular flexibility index (Phi) is 7.61. The minimum Gasteiger partial charge on any atom is -0.489 e. The van der Waals surface area contributed by atoms with Crippen molar-refractivity contribution in [1.82, 2.24) is 0 Å². The summed E-state index contributed by atoms with van der Waals surface area (Å²) >= 11 is 0. The monoisotopic (exact) mass is 404 g/mol. The highest BCUT2D eigenvalue weighted by Gasteiger charge is 2.15. The maximum Gasteiger partial charge on any atom is 0.346 e. The van der Waals surface area contributed by atoms with Gasteiger partial charge >= 0.3 is 11.9 Å². The fraction of sp³-hybridized carbons (Fsp3) is 0.200. The fourth-order valence-electron chi connectivity index (χ4n) is 2.76. The first-order valence-corrected chi connectivity index (χ1v) is 9.87. The van der Waals surface area contributed by atoms with E-state index in [2.05, 4.69) is 0 Å². The molecule has 0 heterocycles. The number of rotatable bonds is 9. The van der Waals surface area contributed by atoms with Crippen LogP contribution in [0.1, 0.15) is 41.3 Å². The van der Waals surface area contributed by atoms with Crippen LogP contribution < -0.4 is 9.47 Å². The minimum atomic E-state index is -0.719. The summed E-state index contributed by atoms with van der Waals surface area (Å²) in [5, 5.41) is 0. The van der Waals surface area contributed by atoms with Crippen molar-refractivity contribution in [3.8, 4) is 11.5 Å². The number of carbonyl (C=O) groups is 2. The Morgan fingerprint density at radius 3 is 1.70 bits per heavy atom. The number of benzene rings is 3. The van der Waals surface area contributed by atoms with Crippen molar-refractivity contribution in [3.63, 3.8) is 0 Å². The van der Waals surface area contributed by atoms with Gasteiger partial charge < -0.3 is 14.2 Å². The molecule has 5 heteroatoms. The van der Waals surface area contributed by atoms with Crippen LogP contribution in [0.3, 0.4) is 0 Å². The molecule has 0 bridgehead atoms. The quantitative estimate of drug-likeness (QED) is 0.356. The van der Waals surface area contributed by atoms with Gasteiger partial charge in [-0.3, -0.25) is 4.79 Å². The summed E-state index contributed by atoms with van der Waals surface area (Å²) in [4.78, 5) is 24.1. The maximum absolute atomic E-state index is 12.4. The van der Waals surface area contributed by atoms with Gasteiger partial charge in [-0.05, 0) is 29.7 Å². The van der Waals surface area contributed by atoms with Gasteiger partial charge in [-0.15, -0.1) is 0 Å². The third-order valence-electron chi connectivity index (χ3n) is 4.27. The van der Waals surface area contributed by atoms with Gasteiger partial charge in [0.1, 0.15) is 24.7 Å². The molecule has 154 valence electrons. The smallest absolute Gasteiger partial charge is 0.346 e. The SMILES string of the molecule is CCCC(=O)OC(=O)c1cc(OCc2ccccc2)cc(OCc2ccccc2)c1. The highest BCUT2D eigenvalue weighted by molar-refractivity contribution is 5.97. The van der Waals surface area contributed by atoms with E-state index in [9.17, 15) is 9.59 Å². The van der Waals surface area contributed by atoms with Crippen LogP contribution in [0.4, 0.5) is 0 Å². The highest BCUT2D eigenvalue weighted by atomic mass is 16.6. The van der Waals surface area contributed by atoms with Crippen molar-refractivity contribution in [2.45, 2.75) is 33.0 Å². The Labute approximate surface area is 176 Å². The van der Waals surface area contributed by atoms with Gasteiger partial charge in [0, 0.05) is 12.5 Å². The lowest BCUT2D eigenvalue weighted by molar-refractivity contribution is -0.137. The van der Waals surface area contributed by atoms with Crippen molar-refractivity contribution >= 4 is 11.9 Å². The standard InChI is InChI=1S/C25H24O5/c1-2-9-24(26)30-25(27)21-14-22(28-17-19-10-5-3-6-11-19)16-23(15-21)29-18-20-12-7-4-8-13-20/h3-8,10-16H,2,9,17-18H2,1H3. The Bertz CT molecular complexity index is 906. The molecule has 0 aliphatic rings. The van der Waals surface area contributed by atoms with Gasteiger partial charge in [-0.25, -0.2) is 4.79 Å². The van der Waals surface area contributed by atoms with E-state index in [0.29, 0.717) is 31.1 Å². The molecule has 0 N–H and O–H groups in total. The normalized spacial score (nSPS) is 10.3. The van der Waals surface area contributed by atoms with Crippen molar-refractivity contribution in [2.75, 3.05) is 0 Å². The molecule has 30 heavy (non-hydrogen) atoms. The molecule has 3 aromatic carbocycles. The van der Waals surface area contributed by atoms with E-state index in [0.717, 1.165) is 11.1 Å². The van der Waals surface area contributed by atoms with Crippen LogP contribution in [0.25, 0.3) is 0 Å². The zero-order chi connectivity index (χ0) is 21.2. The molecule has 0 atom stereocenters. The van der Waals surface area contributed by atoms with E-state index < -0.39 is 11.9 Å². The molecule has 0 aliphatic heterocycles. The van der Waals surface area contributed by atoms with Gasteiger partial charge in [0.05, 0.1) is 5.56 Å². The van der Waals surface area contributed by atoms with E-state index in [1.807, 2.05) is 67.6 Å². The van der Waals surface area contributed by atoms with Crippen LogP contribution in [-0.4, -0.2) is 11.9 Å². The third-order valence-corrected chi connectivity index (χ3v) is 4.27. The van der Waals surface area contributed by atoms with E-state index in [-0.39, 0.29) is 12.0 Å². The summed E-state index contributed by atoms with van der Waals surface area (Å²) < 4.78 is 16.6. The predicted molar refractivity (Wildman–Crippen MR) is 113 cm³/mol. The van der Waals surface area contributed by atoms with Crippen molar-refractivity contribution < 1.29 is 23.8 Å². The molecule has 0 radical (unpaired) electrons. The maximum atomic E-state index is 12.4. The highest BCUT2D eigenvalue weighted by Crippen LogP contribution is 2.25. The molecule has 0 saturated heterocycles. The number of esters is 2. The molecule has 3 aromatic rings. The predicted octanol–water partition coefficient (Wildman–Crippen LogP) is 5.33. The van der Waals surface area contributed by atoms with E-state index in [4.69, 9.17) is 14.2 Å². The number of hydrogen-bond acceptors (Lipinski definition) is 5. The van der Waals surface area contributed by atoms with Gasteiger partial charge in [0.2, 0.25) is 0 Å². The number of carbonyl (C=O) groups excluding carboxylic acids is 2. The average molecular weight is 404 g/mol. The van der Waals surface area contributed by atoms with E-state index in [1.54, 1.807) is 18.2 Å². The first-order valence-electron chi connectivity index (χ1n) is 9.87. The van der Waals surface area contributed by atoms with Crippen molar-refractivity contribution in [3.05, 3.63) is 95.6 Å². The first-order chi connectivity index (χ1) is 14.6. The summed E-state index contributed by atoms with van der Waals surface area (Å²) in [6.07, 6.45) is 0.797. The van der Waals surface area contributed by atoms with Crippen molar-refractivity contribution in [2.24, 2.45) is 0 Å². The van der Waals surface area contributed by atoms with E-state index in [1.165, 1.54) is 0 Å². The topological polar surface area (TPSA) is 61.8 Å². The van der Waals surface area contributed by atoms with Crippen LogP contribution in [0.5, 0.6) is 11.5 Å². The van der Waals surface area contributed by atoms with Crippen molar-refractivity contribution in [1.29, 1.82) is 0 Å². The molecule has 5 nitrogen and oxygen atoms in total. The second kappa shape index (κ2) is 10.8. The summed E-state index contributed by atoms with van der Waals surface area (Å²) in [7, 11) is 0. The molecule has 0 unspecified atom stereocenters. The average Bonchev–Trinajstić information content (AvgIpc) is 2.78. The molecule has 0 amide bonds. The Balaban J connectivity index is 1.77. The van der Waals surface area contributed by atoms with Crippen LogP contribution in [-0.2, 0) is 22.7 Å². The minimum absolute atomic E-state index is 0.188. The van der Waals surface area contributed by atoms with Crippen LogP contribution in [0, 0.1) is 0 Å². The fourth-order valence-corrected chi connectivity index (χ4v) is 2.76. The summed E-state index contributed by atoms with van der Waals surface area (Å²) in [6.45, 7) is 2.53. The van der Waals surface area contributed by atoms with Crippen LogP contribution >= 0.6 is 0 Å². The molecular weight excluding hydrogens is 380 g/mol. The third kappa shape index (κ3) is 6.48. The molecule has 0 saturated carbocycles. The second-order valence-corrected chi connectivity index (χ2v) is 6.75. The van der Waals surface area contributed by atoms with Gasteiger partial charge in [-0.1, -0.05) is 67.6 Å². The second-order valence-electron chi connectivity index (χ2n) is 6.75. The number of ether oxygens (including phenoxy) is 3. The summed E-state index contributed by atoms with van der Waals surface area (Å²) in [5.74, 6) is -0.355. The number of hydrogen-bond donors (Lipinski definition) is 0. The molecule has 0 aliphatic carbocycles. The lowest BCUT2D eigenvalue weighted by Gasteiger charge is -2.12. The largest absolute Gasteiger partial charge is 0.489 e. The summed E-state index contributed by atoms with van der Waals surface area (Å²) in [6, 6.07) is 24.2. The zero-order valence-corrected chi connectivity index (χ0v) is 16.9. The first kappa shape index (κ1) is 21.1. The zero-order valence-electron chi connectivity index (χ0n) is 16.9.